The fraction of sp³-hybridized carbons (Fsp3) is 0.222. The third-order valence-electron chi connectivity index (χ3n) is 1.62. The van der Waals surface area contributed by atoms with Gasteiger partial charge in [0.1, 0.15) is 11.9 Å². The molecule has 0 amide bonds. The van der Waals surface area contributed by atoms with Crippen LogP contribution in [0.2, 0.25) is 0 Å². The van der Waals surface area contributed by atoms with E-state index in [1.165, 1.54) is 0 Å². The van der Waals surface area contributed by atoms with Gasteiger partial charge in [-0.2, -0.15) is 0 Å². The molecular formula is C9H9ClO3. The van der Waals surface area contributed by atoms with Crippen LogP contribution in [0.5, 0.6) is 0 Å². The molecular weight excluding hydrogens is 192 g/mol. The molecule has 1 aromatic carbocycles. The average molecular weight is 201 g/mol. The predicted octanol–water partition coefficient (Wildman–Crippen LogP) is 1.29. The van der Waals surface area contributed by atoms with Crippen molar-refractivity contribution in [3.05, 3.63) is 35.9 Å². The zero-order chi connectivity index (χ0) is 9.68. The highest BCUT2D eigenvalue weighted by Gasteiger charge is 2.16. The Balaban J connectivity index is 2.55. The van der Waals surface area contributed by atoms with Crippen molar-refractivity contribution in [3.63, 3.8) is 0 Å². The molecule has 13 heavy (non-hydrogen) atoms. The number of carbonyl (C=O) groups excluding carboxylic acids is 1. The minimum atomic E-state index is -1.19. The molecule has 70 valence electrons. The van der Waals surface area contributed by atoms with Crippen LogP contribution in [0.4, 0.5) is 0 Å². The monoisotopic (exact) mass is 200 g/mol. The Morgan fingerprint density at radius 2 is 2.08 bits per heavy atom. The first kappa shape index (κ1) is 10.0. The summed E-state index contributed by atoms with van der Waals surface area (Å²) in [5.41, 5.74) is 0.858. The molecule has 1 N–H and O–H groups in total. The Bertz CT molecular complexity index is 273. The maximum Gasteiger partial charge on any atom is 0.353 e. The molecule has 0 aliphatic carbocycles. The van der Waals surface area contributed by atoms with Crippen LogP contribution < -0.4 is 0 Å². The molecule has 0 fully saturated rings. The Morgan fingerprint density at radius 1 is 1.46 bits per heavy atom. The quantitative estimate of drug-likeness (QED) is 0.800. The van der Waals surface area contributed by atoms with Gasteiger partial charge in [0.05, 0.1) is 0 Å². The van der Waals surface area contributed by atoms with Gasteiger partial charge in [-0.15, -0.1) is 0 Å². The topological polar surface area (TPSA) is 46.5 Å². The average Bonchev–Trinajstić information content (AvgIpc) is 2.18. The maximum atomic E-state index is 10.7. The van der Waals surface area contributed by atoms with Crippen molar-refractivity contribution in [1.82, 2.24) is 0 Å². The first-order chi connectivity index (χ1) is 6.24. The lowest BCUT2D eigenvalue weighted by Crippen LogP contribution is -2.22. The fourth-order valence-electron chi connectivity index (χ4n) is 0.972. The fourth-order valence-corrected chi connectivity index (χ4v) is 1.07. The van der Waals surface area contributed by atoms with Crippen LogP contribution in [0.25, 0.3) is 0 Å². The number of hydrogen-bond acceptors (Lipinski definition) is 3. The van der Waals surface area contributed by atoms with Gasteiger partial charge in [-0.25, -0.2) is 4.79 Å². The second-order valence-electron chi connectivity index (χ2n) is 2.60. The number of hydrogen-bond donors (Lipinski definition) is 1. The second-order valence-corrected chi connectivity index (χ2v) is 2.76. The van der Waals surface area contributed by atoms with Crippen molar-refractivity contribution in [1.29, 1.82) is 0 Å². The molecule has 4 heteroatoms. The predicted molar refractivity (Wildman–Crippen MR) is 48.1 cm³/mol. The molecule has 1 atom stereocenters. The Labute approximate surface area is 81.1 Å². The molecule has 0 heterocycles. The lowest BCUT2D eigenvalue weighted by atomic mass is 10.1. The molecule has 0 bridgehead atoms. The molecule has 0 aromatic heterocycles. The largest absolute Gasteiger partial charge is 0.381 e. The molecule has 1 unspecified atom stereocenters. The standard InChI is InChI=1S/C9H9ClO3/c10-13-9(12)8(11)6-7-4-2-1-3-5-7/h1-5,8,11H,6H2. The number of benzene rings is 1. The van der Waals surface area contributed by atoms with E-state index in [0.29, 0.717) is 0 Å². The molecule has 0 spiro atoms. The third-order valence-corrected chi connectivity index (χ3v) is 1.77. The van der Waals surface area contributed by atoms with E-state index >= 15 is 0 Å². The van der Waals surface area contributed by atoms with Crippen molar-refractivity contribution < 1.29 is 14.2 Å². The Morgan fingerprint density at radius 3 is 2.62 bits per heavy atom. The number of aliphatic hydroxyl groups is 1. The number of rotatable bonds is 3. The minimum absolute atomic E-state index is 0.215. The molecule has 3 nitrogen and oxygen atoms in total. The highest BCUT2D eigenvalue weighted by molar-refractivity contribution is 6.13. The summed E-state index contributed by atoms with van der Waals surface area (Å²) in [7, 11) is 0. The zero-order valence-corrected chi connectivity index (χ0v) is 7.57. The van der Waals surface area contributed by atoms with E-state index in [0.717, 1.165) is 5.56 Å². The van der Waals surface area contributed by atoms with Crippen molar-refractivity contribution in [3.8, 4) is 0 Å². The van der Waals surface area contributed by atoms with E-state index in [9.17, 15) is 9.90 Å². The van der Waals surface area contributed by atoms with Crippen LogP contribution in [-0.4, -0.2) is 17.2 Å². The summed E-state index contributed by atoms with van der Waals surface area (Å²) in [6, 6.07) is 9.13. The highest BCUT2D eigenvalue weighted by atomic mass is 35.5. The summed E-state index contributed by atoms with van der Waals surface area (Å²) < 4.78 is 3.87. The van der Waals surface area contributed by atoms with Gasteiger partial charge in [0, 0.05) is 6.42 Å². The summed E-state index contributed by atoms with van der Waals surface area (Å²) in [5, 5.41) is 9.21. The van der Waals surface area contributed by atoms with Gasteiger partial charge < -0.3 is 9.40 Å². The third kappa shape index (κ3) is 3.05. The van der Waals surface area contributed by atoms with Crippen molar-refractivity contribution in [2.75, 3.05) is 0 Å². The van der Waals surface area contributed by atoms with E-state index in [1.807, 2.05) is 30.3 Å². The molecule has 0 aliphatic heterocycles. The van der Waals surface area contributed by atoms with Crippen molar-refractivity contribution in [2.24, 2.45) is 0 Å². The SMILES string of the molecule is O=C(OCl)C(O)Cc1ccccc1. The first-order valence-corrected chi connectivity index (χ1v) is 4.09. The van der Waals surface area contributed by atoms with E-state index in [4.69, 9.17) is 11.9 Å². The smallest absolute Gasteiger partial charge is 0.353 e. The van der Waals surface area contributed by atoms with Gasteiger partial charge in [0.25, 0.3) is 0 Å². The van der Waals surface area contributed by atoms with Crippen LogP contribution in [-0.2, 0) is 15.5 Å². The highest BCUT2D eigenvalue weighted by Crippen LogP contribution is 2.04. The molecule has 1 rings (SSSR count). The molecule has 1 aromatic rings. The number of halogens is 1. The Kier molecular flexibility index (Phi) is 3.73. The van der Waals surface area contributed by atoms with Crippen LogP contribution in [0.1, 0.15) is 5.56 Å². The summed E-state index contributed by atoms with van der Waals surface area (Å²) in [5.74, 6) is -0.828. The minimum Gasteiger partial charge on any atom is -0.381 e. The zero-order valence-electron chi connectivity index (χ0n) is 6.81. The van der Waals surface area contributed by atoms with Crippen LogP contribution in [0.3, 0.4) is 0 Å². The molecule has 0 radical (unpaired) electrons. The normalized spacial score (nSPS) is 12.2. The summed E-state index contributed by atoms with van der Waals surface area (Å²) >= 11 is 4.80. The van der Waals surface area contributed by atoms with Gasteiger partial charge in [-0.05, 0) is 5.56 Å². The molecule has 0 saturated heterocycles. The van der Waals surface area contributed by atoms with Crippen LogP contribution in [0, 0.1) is 0 Å². The van der Waals surface area contributed by atoms with Gasteiger partial charge in [-0.3, -0.25) is 0 Å². The van der Waals surface area contributed by atoms with Crippen molar-refractivity contribution in [2.45, 2.75) is 12.5 Å². The lowest BCUT2D eigenvalue weighted by Gasteiger charge is -2.05. The van der Waals surface area contributed by atoms with Crippen LogP contribution >= 0.6 is 11.9 Å². The van der Waals surface area contributed by atoms with Crippen LogP contribution in [0.15, 0.2) is 30.3 Å². The molecule has 0 aliphatic rings. The van der Waals surface area contributed by atoms with E-state index < -0.39 is 12.1 Å². The maximum absolute atomic E-state index is 10.7. The first-order valence-electron chi connectivity index (χ1n) is 3.78. The van der Waals surface area contributed by atoms with Gasteiger partial charge in [0.2, 0.25) is 0 Å². The van der Waals surface area contributed by atoms with E-state index in [2.05, 4.69) is 4.29 Å². The summed E-state index contributed by atoms with van der Waals surface area (Å²) in [6.07, 6.45) is -0.980. The number of carbonyl (C=O) groups is 1. The summed E-state index contributed by atoms with van der Waals surface area (Å²) in [4.78, 5) is 10.7. The van der Waals surface area contributed by atoms with Gasteiger partial charge >= 0.3 is 5.97 Å². The van der Waals surface area contributed by atoms with Gasteiger partial charge in [-0.1, -0.05) is 30.3 Å². The second kappa shape index (κ2) is 4.84. The summed E-state index contributed by atoms with van der Waals surface area (Å²) in [6.45, 7) is 0. The van der Waals surface area contributed by atoms with Gasteiger partial charge in [0.15, 0.2) is 6.10 Å². The number of aliphatic hydroxyl groups excluding tert-OH is 1. The van der Waals surface area contributed by atoms with E-state index in [-0.39, 0.29) is 6.42 Å². The van der Waals surface area contributed by atoms with E-state index in [1.54, 1.807) is 0 Å². The van der Waals surface area contributed by atoms with Crippen molar-refractivity contribution >= 4 is 17.8 Å². The lowest BCUT2D eigenvalue weighted by molar-refractivity contribution is -0.143. The Hall–Kier alpha value is -1.06. The molecule has 0 saturated carbocycles.